The van der Waals surface area contributed by atoms with Crippen molar-refractivity contribution in [1.82, 2.24) is 0 Å². The molecule has 0 aliphatic carbocycles. The van der Waals surface area contributed by atoms with Crippen LogP contribution in [0.1, 0.15) is 16.5 Å². The van der Waals surface area contributed by atoms with Crippen LogP contribution in [0.3, 0.4) is 0 Å². The van der Waals surface area contributed by atoms with E-state index in [0.29, 0.717) is 5.02 Å². The van der Waals surface area contributed by atoms with Crippen molar-refractivity contribution in [2.24, 2.45) is 0 Å². The molecule has 84 valence electrons. The van der Waals surface area contributed by atoms with Gasteiger partial charge in [0, 0.05) is 9.50 Å². The van der Waals surface area contributed by atoms with Crippen molar-refractivity contribution in [1.29, 1.82) is 0 Å². The molecule has 0 N–H and O–H groups in total. The third-order valence-electron chi connectivity index (χ3n) is 2.29. The molecular formula is C12H9BrCl2S. The van der Waals surface area contributed by atoms with Crippen LogP contribution in [0, 0.1) is 0 Å². The fourth-order valence-electron chi connectivity index (χ4n) is 1.48. The van der Waals surface area contributed by atoms with Crippen LogP contribution < -0.4 is 0 Å². The highest BCUT2D eigenvalue weighted by Crippen LogP contribution is 2.33. The molecular weight excluding hydrogens is 327 g/mol. The van der Waals surface area contributed by atoms with Crippen molar-refractivity contribution in [2.75, 3.05) is 0 Å². The van der Waals surface area contributed by atoms with E-state index in [-0.39, 0.29) is 5.38 Å². The Hall–Kier alpha value is -0.0200. The first kappa shape index (κ1) is 12.4. The lowest BCUT2D eigenvalue weighted by molar-refractivity contribution is 0.919. The Morgan fingerprint density at radius 3 is 2.81 bits per heavy atom. The van der Waals surface area contributed by atoms with Crippen LogP contribution in [0.4, 0.5) is 0 Å². The molecule has 2 rings (SSSR count). The Labute approximate surface area is 117 Å². The molecule has 2 aromatic rings. The van der Waals surface area contributed by atoms with E-state index < -0.39 is 0 Å². The summed E-state index contributed by atoms with van der Waals surface area (Å²) in [4.78, 5) is 0. The fourth-order valence-corrected chi connectivity index (χ4v) is 3.36. The molecule has 1 unspecified atom stereocenters. The number of rotatable bonds is 3. The summed E-state index contributed by atoms with van der Waals surface area (Å²) < 4.78 is 1.01. The van der Waals surface area contributed by atoms with Crippen LogP contribution in [-0.2, 0) is 6.42 Å². The summed E-state index contributed by atoms with van der Waals surface area (Å²) in [6, 6.07) is 7.79. The minimum absolute atomic E-state index is 0.0531. The second-order valence-corrected chi connectivity index (χ2v) is 6.07. The van der Waals surface area contributed by atoms with Gasteiger partial charge in [-0.05, 0) is 52.6 Å². The van der Waals surface area contributed by atoms with Gasteiger partial charge in [-0.1, -0.05) is 27.5 Å². The average Bonchev–Trinajstić information content (AvgIpc) is 2.74. The molecule has 0 saturated heterocycles. The smallest absolute Gasteiger partial charge is 0.0637 e. The van der Waals surface area contributed by atoms with Gasteiger partial charge >= 0.3 is 0 Å². The van der Waals surface area contributed by atoms with Crippen molar-refractivity contribution in [2.45, 2.75) is 11.8 Å². The summed E-state index contributed by atoms with van der Waals surface area (Å²) in [5, 5.41) is 4.84. The third-order valence-corrected chi connectivity index (χ3v) is 4.37. The SMILES string of the molecule is Clc1ccc(Br)c(C(Cl)Cc2ccsc2)c1. The maximum absolute atomic E-state index is 6.39. The maximum Gasteiger partial charge on any atom is 0.0637 e. The standard InChI is InChI=1S/C12H9BrCl2S/c13-11-2-1-9(14)6-10(11)12(15)5-8-3-4-16-7-8/h1-4,6-7,12H,5H2. The summed E-state index contributed by atoms with van der Waals surface area (Å²) >= 11 is 17.5. The largest absolute Gasteiger partial charge is 0.152 e. The Balaban J connectivity index is 2.20. The van der Waals surface area contributed by atoms with Gasteiger partial charge in [-0.25, -0.2) is 0 Å². The van der Waals surface area contributed by atoms with Gasteiger partial charge in [0.25, 0.3) is 0 Å². The monoisotopic (exact) mass is 334 g/mol. The van der Waals surface area contributed by atoms with Gasteiger partial charge in [-0.15, -0.1) is 11.6 Å². The Bertz CT molecular complexity index is 468. The lowest BCUT2D eigenvalue weighted by atomic mass is 10.1. The van der Waals surface area contributed by atoms with Gasteiger partial charge in [0.05, 0.1) is 5.38 Å². The molecule has 1 heterocycles. The highest BCUT2D eigenvalue weighted by Gasteiger charge is 2.13. The van der Waals surface area contributed by atoms with Gasteiger partial charge in [0.15, 0.2) is 0 Å². The minimum Gasteiger partial charge on any atom is -0.152 e. The molecule has 0 saturated carbocycles. The van der Waals surface area contributed by atoms with Gasteiger partial charge in [0.1, 0.15) is 0 Å². The van der Waals surface area contributed by atoms with Crippen LogP contribution in [0.15, 0.2) is 39.5 Å². The molecule has 0 bridgehead atoms. The number of thiophene rings is 1. The summed E-state index contributed by atoms with van der Waals surface area (Å²) in [6.45, 7) is 0. The van der Waals surface area contributed by atoms with Crippen LogP contribution >= 0.6 is 50.5 Å². The Kier molecular flexibility index (Phi) is 4.31. The molecule has 0 radical (unpaired) electrons. The highest BCUT2D eigenvalue weighted by molar-refractivity contribution is 9.10. The topological polar surface area (TPSA) is 0 Å². The van der Waals surface area contributed by atoms with Gasteiger partial charge in [0.2, 0.25) is 0 Å². The van der Waals surface area contributed by atoms with Crippen LogP contribution in [-0.4, -0.2) is 0 Å². The molecule has 0 aliphatic heterocycles. The van der Waals surface area contributed by atoms with Gasteiger partial charge < -0.3 is 0 Å². The van der Waals surface area contributed by atoms with Crippen molar-refractivity contribution in [3.8, 4) is 0 Å². The molecule has 0 nitrogen and oxygen atoms in total. The first-order valence-corrected chi connectivity index (χ1v) is 7.32. The van der Waals surface area contributed by atoms with E-state index in [2.05, 4.69) is 32.8 Å². The summed E-state index contributed by atoms with van der Waals surface area (Å²) in [7, 11) is 0. The second kappa shape index (κ2) is 5.54. The lowest BCUT2D eigenvalue weighted by Crippen LogP contribution is -1.96. The molecule has 1 atom stereocenters. The van der Waals surface area contributed by atoms with Crippen LogP contribution in [0.2, 0.25) is 5.02 Å². The molecule has 0 spiro atoms. The quantitative estimate of drug-likeness (QED) is 0.632. The first-order valence-electron chi connectivity index (χ1n) is 4.77. The van der Waals surface area contributed by atoms with Crippen LogP contribution in [0.5, 0.6) is 0 Å². The molecule has 4 heteroatoms. The van der Waals surface area contributed by atoms with E-state index in [4.69, 9.17) is 23.2 Å². The number of hydrogen-bond donors (Lipinski definition) is 0. The normalized spacial score (nSPS) is 12.7. The average molecular weight is 336 g/mol. The van der Waals surface area contributed by atoms with E-state index in [1.54, 1.807) is 11.3 Å². The second-order valence-electron chi connectivity index (χ2n) is 3.47. The Morgan fingerprint density at radius 1 is 1.31 bits per heavy atom. The molecule has 0 amide bonds. The fraction of sp³-hybridized carbons (Fsp3) is 0.167. The van der Waals surface area contributed by atoms with Crippen molar-refractivity contribution < 1.29 is 0 Å². The summed E-state index contributed by atoms with van der Waals surface area (Å²) in [5.74, 6) is 0. The minimum atomic E-state index is -0.0531. The molecule has 16 heavy (non-hydrogen) atoms. The number of halogens is 3. The number of benzene rings is 1. The predicted octanol–water partition coefficient (Wildman–Crippen LogP) is 5.69. The van der Waals surface area contributed by atoms with E-state index in [1.807, 2.05) is 18.2 Å². The van der Waals surface area contributed by atoms with Gasteiger partial charge in [-0.2, -0.15) is 11.3 Å². The van der Waals surface area contributed by atoms with E-state index >= 15 is 0 Å². The number of hydrogen-bond acceptors (Lipinski definition) is 1. The summed E-state index contributed by atoms with van der Waals surface area (Å²) in [6.07, 6.45) is 0.823. The molecule has 1 aromatic heterocycles. The summed E-state index contributed by atoms with van der Waals surface area (Å²) in [5.41, 5.74) is 2.30. The molecule has 1 aromatic carbocycles. The van der Waals surface area contributed by atoms with Crippen molar-refractivity contribution in [3.63, 3.8) is 0 Å². The van der Waals surface area contributed by atoms with Crippen molar-refractivity contribution in [3.05, 3.63) is 55.6 Å². The zero-order chi connectivity index (χ0) is 11.5. The third kappa shape index (κ3) is 3.01. The van der Waals surface area contributed by atoms with E-state index in [1.165, 1.54) is 5.56 Å². The Morgan fingerprint density at radius 2 is 2.12 bits per heavy atom. The predicted molar refractivity (Wildman–Crippen MR) is 75.8 cm³/mol. The van der Waals surface area contributed by atoms with Crippen LogP contribution in [0.25, 0.3) is 0 Å². The van der Waals surface area contributed by atoms with E-state index in [0.717, 1.165) is 16.5 Å². The first-order chi connectivity index (χ1) is 7.66. The van der Waals surface area contributed by atoms with Crippen molar-refractivity contribution >= 4 is 50.5 Å². The molecule has 0 fully saturated rings. The highest BCUT2D eigenvalue weighted by atomic mass is 79.9. The lowest BCUT2D eigenvalue weighted by Gasteiger charge is -2.11. The number of alkyl halides is 1. The molecule has 0 aliphatic rings. The van der Waals surface area contributed by atoms with E-state index in [9.17, 15) is 0 Å². The maximum atomic E-state index is 6.39. The zero-order valence-electron chi connectivity index (χ0n) is 8.29. The van der Waals surface area contributed by atoms with Gasteiger partial charge in [-0.3, -0.25) is 0 Å². The zero-order valence-corrected chi connectivity index (χ0v) is 12.2.